The van der Waals surface area contributed by atoms with Crippen LogP contribution in [-0.2, 0) is 17.6 Å². The van der Waals surface area contributed by atoms with Gasteiger partial charge < -0.3 is 9.12 Å². The van der Waals surface area contributed by atoms with Crippen molar-refractivity contribution in [1.82, 2.24) is 4.57 Å². The minimum Gasteiger partial charge on any atom is -0.612 e. The summed E-state index contributed by atoms with van der Waals surface area (Å²) in [4.78, 5) is 0.554. The Bertz CT molecular complexity index is 949. The van der Waals surface area contributed by atoms with Crippen molar-refractivity contribution in [3.63, 3.8) is 0 Å². The van der Waals surface area contributed by atoms with Crippen LogP contribution in [0.5, 0.6) is 0 Å². The highest BCUT2D eigenvalue weighted by Gasteiger charge is 2.29. The summed E-state index contributed by atoms with van der Waals surface area (Å²) in [5.41, 5.74) is 4.27. The van der Waals surface area contributed by atoms with E-state index in [2.05, 4.69) is 17.9 Å². The fourth-order valence-corrected chi connectivity index (χ4v) is 4.69. The van der Waals surface area contributed by atoms with Crippen LogP contribution < -0.4 is 0 Å². The monoisotopic (exact) mass is 374 g/mol. The molecular formula is C20H18ClFNOS. The molecule has 0 saturated heterocycles. The van der Waals surface area contributed by atoms with Gasteiger partial charge in [-0.05, 0) is 60.3 Å². The largest absolute Gasteiger partial charge is 0.612 e. The molecule has 129 valence electrons. The molecule has 1 aromatic heterocycles. The van der Waals surface area contributed by atoms with Gasteiger partial charge in [0.15, 0.2) is 4.90 Å². The van der Waals surface area contributed by atoms with Gasteiger partial charge in [0, 0.05) is 28.6 Å². The molecule has 3 aromatic rings. The van der Waals surface area contributed by atoms with Gasteiger partial charge in [-0.1, -0.05) is 23.7 Å². The highest BCUT2D eigenvalue weighted by Crippen LogP contribution is 2.41. The van der Waals surface area contributed by atoms with Crippen LogP contribution in [0.3, 0.4) is 0 Å². The third-order valence-corrected chi connectivity index (χ3v) is 6.14. The topological polar surface area (TPSA) is 28.0 Å². The normalized spacial score (nSPS) is 16.2. The molecule has 2 atom stereocenters. The highest BCUT2D eigenvalue weighted by molar-refractivity contribution is 7.91. The van der Waals surface area contributed by atoms with Crippen molar-refractivity contribution in [2.75, 3.05) is 6.26 Å². The van der Waals surface area contributed by atoms with E-state index in [9.17, 15) is 8.94 Å². The lowest BCUT2D eigenvalue weighted by Crippen LogP contribution is -2.11. The second-order valence-corrected chi connectivity index (χ2v) is 8.24. The number of nitrogens with zero attached hydrogens (tertiary/aromatic N) is 1. The minimum atomic E-state index is -1.27. The SMILES string of the molecule is CC(c1ccc(Cl)cc1)n1c2c(c3cc(F)cc([S+](C)[O-])c31)CC[CH]2. The molecule has 0 amide bonds. The quantitative estimate of drug-likeness (QED) is 0.573. The van der Waals surface area contributed by atoms with Crippen LogP contribution in [-0.4, -0.2) is 15.4 Å². The molecule has 1 heterocycles. The summed E-state index contributed by atoms with van der Waals surface area (Å²) < 4.78 is 28.6. The van der Waals surface area contributed by atoms with Gasteiger partial charge in [-0.25, -0.2) is 4.39 Å². The molecule has 5 heteroatoms. The summed E-state index contributed by atoms with van der Waals surface area (Å²) in [6, 6.07) is 10.8. The molecule has 25 heavy (non-hydrogen) atoms. The zero-order chi connectivity index (χ0) is 17.7. The smallest absolute Gasteiger partial charge is 0.179 e. The zero-order valence-electron chi connectivity index (χ0n) is 14.1. The Balaban J connectivity index is 2.01. The number of aromatic nitrogens is 1. The third kappa shape index (κ3) is 2.77. The molecule has 2 aromatic carbocycles. The summed E-state index contributed by atoms with van der Waals surface area (Å²) in [6.45, 7) is 2.11. The van der Waals surface area contributed by atoms with Gasteiger partial charge in [0.25, 0.3) is 0 Å². The fraction of sp³-hybridized carbons (Fsp3) is 0.250. The molecule has 0 N–H and O–H groups in total. The number of rotatable bonds is 3. The lowest BCUT2D eigenvalue weighted by molar-refractivity contribution is 0.593. The highest BCUT2D eigenvalue weighted by atomic mass is 35.5. The van der Waals surface area contributed by atoms with Crippen molar-refractivity contribution in [2.24, 2.45) is 0 Å². The standard InChI is InChI=1S/C20H18ClFNOS/c1-12(13-6-8-14(21)9-7-13)23-18-5-3-4-16(18)17-10-15(22)11-19(20(17)23)25(2)24/h5-12H,3-4H2,1-2H3. The first kappa shape index (κ1) is 17.0. The molecule has 0 aliphatic heterocycles. The Morgan fingerprint density at radius 3 is 2.64 bits per heavy atom. The maximum absolute atomic E-state index is 14.1. The number of halogens is 2. The maximum atomic E-state index is 14.1. The van der Waals surface area contributed by atoms with Crippen LogP contribution in [0.1, 0.15) is 36.2 Å². The van der Waals surface area contributed by atoms with Gasteiger partial charge in [0.1, 0.15) is 17.6 Å². The number of benzene rings is 2. The second kappa shape index (κ2) is 6.35. The Kier molecular flexibility index (Phi) is 4.30. The fourth-order valence-electron chi connectivity index (χ4n) is 3.81. The molecule has 0 bridgehead atoms. The Labute approximate surface area is 154 Å². The minimum absolute atomic E-state index is 0.0330. The van der Waals surface area contributed by atoms with E-state index < -0.39 is 11.2 Å². The summed E-state index contributed by atoms with van der Waals surface area (Å²) in [5.74, 6) is -0.330. The predicted molar refractivity (Wildman–Crippen MR) is 101 cm³/mol. The number of aryl methyl sites for hydroxylation is 1. The summed E-state index contributed by atoms with van der Waals surface area (Å²) >= 11 is 4.75. The molecule has 1 radical (unpaired) electrons. The third-order valence-electron chi connectivity index (χ3n) is 4.96. The molecule has 0 spiro atoms. The van der Waals surface area contributed by atoms with Gasteiger partial charge in [-0.2, -0.15) is 0 Å². The van der Waals surface area contributed by atoms with E-state index in [0.717, 1.165) is 40.6 Å². The summed E-state index contributed by atoms with van der Waals surface area (Å²) in [6.07, 6.45) is 5.65. The van der Waals surface area contributed by atoms with Gasteiger partial charge in [-0.3, -0.25) is 0 Å². The van der Waals surface area contributed by atoms with E-state index in [1.54, 1.807) is 12.3 Å². The summed E-state index contributed by atoms with van der Waals surface area (Å²) in [7, 11) is 0. The van der Waals surface area contributed by atoms with E-state index in [-0.39, 0.29) is 11.9 Å². The van der Waals surface area contributed by atoms with Crippen molar-refractivity contribution in [3.05, 3.63) is 70.5 Å². The number of hydrogen-bond acceptors (Lipinski definition) is 1. The molecule has 0 fully saturated rings. The van der Waals surface area contributed by atoms with Crippen LogP contribution >= 0.6 is 11.6 Å². The van der Waals surface area contributed by atoms with Crippen LogP contribution in [0.2, 0.25) is 5.02 Å². The first-order valence-electron chi connectivity index (χ1n) is 8.25. The van der Waals surface area contributed by atoms with Crippen molar-refractivity contribution in [1.29, 1.82) is 0 Å². The number of hydrogen-bond donors (Lipinski definition) is 0. The Hall–Kier alpha value is -1.49. The van der Waals surface area contributed by atoms with Crippen LogP contribution in [0.4, 0.5) is 4.39 Å². The average molecular weight is 375 g/mol. The van der Waals surface area contributed by atoms with Gasteiger partial charge in [0.05, 0.1) is 6.04 Å². The van der Waals surface area contributed by atoms with E-state index in [0.29, 0.717) is 9.92 Å². The van der Waals surface area contributed by atoms with E-state index >= 15 is 0 Å². The van der Waals surface area contributed by atoms with Crippen molar-refractivity contribution >= 4 is 33.7 Å². The molecule has 0 saturated carbocycles. The molecule has 1 aliphatic carbocycles. The molecule has 1 aliphatic rings. The second-order valence-electron chi connectivity index (χ2n) is 6.46. The van der Waals surface area contributed by atoms with Gasteiger partial charge in [-0.15, -0.1) is 0 Å². The van der Waals surface area contributed by atoms with Crippen molar-refractivity contribution in [2.45, 2.75) is 30.7 Å². The molecule has 2 unspecified atom stereocenters. The Morgan fingerprint density at radius 2 is 1.96 bits per heavy atom. The Morgan fingerprint density at radius 1 is 1.24 bits per heavy atom. The van der Waals surface area contributed by atoms with Crippen LogP contribution in [0, 0.1) is 12.2 Å². The lowest BCUT2D eigenvalue weighted by atomic mass is 10.1. The van der Waals surface area contributed by atoms with Crippen molar-refractivity contribution in [3.8, 4) is 0 Å². The van der Waals surface area contributed by atoms with Gasteiger partial charge >= 0.3 is 0 Å². The lowest BCUT2D eigenvalue weighted by Gasteiger charge is -2.20. The predicted octanol–water partition coefficient (Wildman–Crippen LogP) is 5.28. The van der Waals surface area contributed by atoms with Crippen LogP contribution in [0.15, 0.2) is 41.3 Å². The van der Waals surface area contributed by atoms with E-state index in [4.69, 9.17) is 11.6 Å². The first-order chi connectivity index (χ1) is 12.0. The van der Waals surface area contributed by atoms with Crippen LogP contribution in [0.25, 0.3) is 10.9 Å². The number of fused-ring (bicyclic) bond motifs is 3. The molecule has 2 nitrogen and oxygen atoms in total. The summed E-state index contributed by atoms with van der Waals surface area (Å²) in [5, 5.41) is 1.58. The average Bonchev–Trinajstić information content (AvgIpc) is 3.15. The molecular weight excluding hydrogens is 357 g/mol. The maximum Gasteiger partial charge on any atom is 0.179 e. The van der Waals surface area contributed by atoms with Gasteiger partial charge in [0.2, 0.25) is 0 Å². The van der Waals surface area contributed by atoms with E-state index in [1.165, 1.54) is 6.07 Å². The van der Waals surface area contributed by atoms with Crippen molar-refractivity contribution < 1.29 is 8.94 Å². The first-order valence-corrected chi connectivity index (χ1v) is 10.2. The molecule has 4 rings (SSSR count). The van der Waals surface area contributed by atoms with E-state index in [1.807, 2.05) is 24.3 Å². The zero-order valence-corrected chi connectivity index (χ0v) is 15.6.